The van der Waals surface area contributed by atoms with Crippen molar-refractivity contribution in [2.24, 2.45) is 0 Å². The SMILES string of the molecule is CCNCc1cn(CCOCCO)c2ccccc12. The average molecular weight is 262 g/mol. The molecule has 0 bridgehead atoms. The van der Waals surface area contributed by atoms with Crippen molar-refractivity contribution in [2.45, 2.75) is 20.0 Å². The van der Waals surface area contributed by atoms with E-state index in [4.69, 9.17) is 9.84 Å². The number of nitrogens with zero attached hydrogens (tertiary/aromatic N) is 1. The molecule has 1 aromatic carbocycles. The van der Waals surface area contributed by atoms with Gasteiger partial charge in [-0.15, -0.1) is 0 Å². The lowest BCUT2D eigenvalue weighted by atomic mass is 10.2. The van der Waals surface area contributed by atoms with Gasteiger partial charge in [0.05, 0.1) is 19.8 Å². The standard InChI is InChI=1S/C15H22N2O2/c1-2-16-11-13-12-17(7-9-19-10-8-18)15-6-4-3-5-14(13)15/h3-6,12,16,18H,2,7-11H2,1H3. The lowest BCUT2D eigenvalue weighted by Gasteiger charge is -2.05. The largest absolute Gasteiger partial charge is 0.394 e. The molecule has 104 valence electrons. The number of fused-ring (bicyclic) bond motifs is 1. The first-order valence-corrected chi connectivity index (χ1v) is 6.83. The van der Waals surface area contributed by atoms with E-state index in [0.717, 1.165) is 19.6 Å². The highest BCUT2D eigenvalue weighted by Crippen LogP contribution is 2.21. The number of para-hydroxylation sites is 1. The molecule has 0 radical (unpaired) electrons. The average Bonchev–Trinajstić information content (AvgIpc) is 2.80. The number of rotatable bonds is 8. The fourth-order valence-electron chi connectivity index (χ4n) is 2.24. The predicted molar refractivity (Wildman–Crippen MR) is 77.2 cm³/mol. The summed E-state index contributed by atoms with van der Waals surface area (Å²) in [4.78, 5) is 0. The Morgan fingerprint density at radius 3 is 2.89 bits per heavy atom. The van der Waals surface area contributed by atoms with Crippen molar-refractivity contribution in [3.8, 4) is 0 Å². The maximum atomic E-state index is 8.70. The van der Waals surface area contributed by atoms with E-state index >= 15 is 0 Å². The molecule has 2 aromatic rings. The fourth-order valence-corrected chi connectivity index (χ4v) is 2.24. The summed E-state index contributed by atoms with van der Waals surface area (Å²) in [6.45, 7) is 5.90. The summed E-state index contributed by atoms with van der Waals surface area (Å²) in [5, 5.41) is 13.4. The van der Waals surface area contributed by atoms with E-state index < -0.39 is 0 Å². The van der Waals surface area contributed by atoms with Gasteiger partial charge in [-0.2, -0.15) is 0 Å². The number of benzene rings is 1. The van der Waals surface area contributed by atoms with Gasteiger partial charge < -0.3 is 19.7 Å². The Hall–Kier alpha value is -1.36. The zero-order valence-corrected chi connectivity index (χ0v) is 11.4. The number of aliphatic hydroxyl groups excluding tert-OH is 1. The minimum Gasteiger partial charge on any atom is -0.394 e. The number of hydrogen-bond donors (Lipinski definition) is 2. The lowest BCUT2D eigenvalue weighted by molar-refractivity contribution is 0.0875. The van der Waals surface area contributed by atoms with Gasteiger partial charge in [-0.3, -0.25) is 0 Å². The minimum atomic E-state index is 0.0814. The second-order valence-electron chi connectivity index (χ2n) is 4.48. The molecule has 0 saturated carbocycles. The van der Waals surface area contributed by atoms with Crippen molar-refractivity contribution in [3.05, 3.63) is 36.0 Å². The second kappa shape index (κ2) is 7.28. The summed E-state index contributed by atoms with van der Waals surface area (Å²) in [5.74, 6) is 0. The predicted octanol–water partition coefficient (Wildman–Crippen LogP) is 1.76. The van der Waals surface area contributed by atoms with Crippen LogP contribution in [0.15, 0.2) is 30.5 Å². The van der Waals surface area contributed by atoms with Crippen molar-refractivity contribution < 1.29 is 9.84 Å². The van der Waals surface area contributed by atoms with Crippen LogP contribution in [-0.4, -0.2) is 36.0 Å². The van der Waals surface area contributed by atoms with Crippen LogP contribution in [0.3, 0.4) is 0 Å². The van der Waals surface area contributed by atoms with Gasteiger partial charge in [-0.25, -0.2) is 0 Å². The smallest absolute Gasteiger partial charge is 0.0698 e. The van der Waals surface area contributed by atoms with Crippen LogP contribution in [0.1, 0.15) is 12.5 Å². The van der Waals surface area contributed by atoms with Gasteiger partial charge in [0.25, 0.3) is 0 Å². The molecule has 4 nitrogen and oxygen atoms in total. The first-order valence-electron chi connectivity index (χ1n) is 6.83. The zero-order valence-electron chi connectivity index (χ0n) is 11.4. The summed E-state index contributed by atoms with van der Waals surface area (Å²) in [5.41, 5.74) is 2.56. The van der Waals surface area contributed by atoms with E-state index in [1.165, 1.54) is 16.5 Å². The Morgan fingerprint density at radius 1 is 1.26 bits per heavy atom. The third-order valence-electron chi connectivity index (χ3n) is 3.15. The maximum absolute atomic E-state index is 8.70. The molecular formula is C15H22N2O2. The van der Waals surface area contributed by atoms with Crippen molar-refractivity contribution in [1.82, 2.24) is 9.88 Å². The Balaban J connectivity index is 2.13. The van der Waals surface area contributed by atoms with E-state index in [0.29, 0.717) is 13.2 Å². The van der Waals surface area contributed by atoms with Gasteiger partial charge in [-0.1, -0.05) is 25.1 Å². The van der Waals surface area contributed by atoms with Crippen LogP contribution < -0.4 is 5.32 Å². The molecule has 0 aliphatic carbocycles. The van der Waals surface area contributed by atoms with Crippen molar-refractivity contribution in [1.29, 1.82) is 0 Å². The highest BCUT2D eigenvalue weighted by Gasteiger charge is 2.07. The highest BCUT2D eigenvalue weighted by molar-refractivity contribution is 5.83. The van der Waals surface area contributed by atoms with E-state index in [1.807, 2.05) is 0 Å². The van der Waals surface area contributed by atoms with E-state index in [1.54, 1.807) is 0 Å². The van der Waals surface area contributed by atoms with Crippen molar-refractivity contribution in [3.63, 3.8) is 0 Å². The first-order chi connectivity index (χ1) is 9.36. The van der Waals surface area contributed by atoms with Crippen LogP contribution in [0.25, 0.3) is 10.9 Å². The normalized spacial score (nSPS) is 11.3. The molecule has 4 heteroatoms. The van der Waals surface area contributed by atoms with Gasteiger partial charge in [0.15, 0.2) is 0 Å². The molecule has 0 aliphatic heterocycles. The topological polar surface area (TPSA) is 46.4 Å². The lowest BCUT2D eigenvalue weighted by Crippen LogP contribution is -2.11. The number of nitrogens with one attached hydrogen (secondary N) is 1. The number of hydrogen-bond acceptors (Lipinski definition) is 3. The summed E-state index contributed by atoms with van der Waals surface area (Å²) in [7, 11) is 0. The fraction of sp³-hybridized carbons (Fsp3) is 0.467. The molecule has 1 aromatic heterocycles. The number of ether oxygens (including phenoxy) is 1. The Kier molecular flexibility index (Phi) is 5.39. The molecule has 0 fully saturated rings. The summed E-state index contributed by atoms with van der Waals surface area (Å²) in [6, 6.07) is 8.43. The minimum absolute atomic E-state index is 0.0814. The molecule has 0 aliphatic rings. The van der Waals surface area contributed by atoms with E-state index in [9.17, 15) is 0 Å². The van der Waals surface area contributed by atoms with Crippen LogP contribution >= 0.6 is 0 Å². The quantitative estimate of drug-likeness (QED) is 0.713. The van der Waals surface area contributed by atoms with Crippen LogP contribution in [0, 0.1) is 0 Å². The monoisotopic (exact) mass is 262 g/mol. The molecule has 0 amide bonds. The van der Waals surface area contributed by atoms with Crippen LogP contribution in [0.4, 0.5) is 0 Å². The maximum Gasteiger partial charge on any atom is 0.0698 e. The molecule has 0 atom stereocenters. The van der Waals surface area contributed by atoms with Crippen molar-refractivity contribution >= 4 is 10.9 Å². The summed E-state index contributed by atoms with van der Waals surface area (Å²) >= 11 is 0. The molecular weight excluding hydrogens is 240 g/mol. The molecule has 2 N–H and O–H groups in total. The first kappa shape index (κ1) is 14.1. The molecule has 0 saturated heterocycles. The molecule has 19 heavy (non-hydrogen) atoms. The Morgan fingerprint density at radius 2 is 2.11 bits per heavy atom. The summed E-state index contributed by atoms with van der Waals surface area (Å²) in [6.07, 6.45) is 2.19. The third kappa shape index (κ3) is 3.56. The van der Waals surface area contributed by atoms with E-state index in [2.05, 4.69) is 47.3 Å². The van der Waals surface area contributed by atoms with Gasteiger partial charge in [0, 0.05) is 30.2 Å². The number of aliphatic hydroxyl groups is 1. The highest BCUT2D eigenvalue weighted by atomic mass is 16.5. The number of aromatic nitrogens is 1. The molecule has 0 unspecified atom stereocenters. The second-order valence-corrected chi connectivity index (χ2v) is 4.48. The third-order valence-corrected chi connectivity index (χ3v) is 3.15. The van der Waals surface area contributed by atoms with Gasteiger partial charge in [0.1, 0.15) is 0 Å². The van der Waals surface area contributed by atoms with Gasteiger partial charge in [0.2, 0.25) is 0 Å². The Bertz CT molecular complexity index is 508. The van der Waals surface area contributed by atoms with Crippen molar-refractivity contribution in [2.75, 3.05) is 26.4 Å². The molecule has 1 heterocycles. The Labute approximate surface area is 114 Å². The van der Waals surface area contributed by atoms with Crippen LogP contribution in [-0.2, 0) is 17.8 Å². The van der Waals surface area contributed by atoms with Crippen LogP contribution in [0.2, 0.25) is 0 Å². The molecule has 2 rings (SSSR count). The van der Waals surface area contributed by atoms with Gasteiger partial charge >= 0.3 is 0 Å². The van der Waals surface area contributed by atoms with Crippen LogP contribution in [0.5, 0.6) is 0 Å². The zero-order chi connectivity index (χ0) is 13.5. The summed E-state index contributed by atoms with van der Waals surface area (Å²) < 4.78 is 7.56. The molecule has 0 spiro atoms. The van der Waals surface area contributed by atoms with E-state index in [-0.39, 0.29) is 6.61 Å². The van der Waals surface area contributed by atoms with Gasteiger partial charge in [-0.05, 0) is 18.2 Å².